The van der Waals surface area contributed by atoms with Gasteiger partial charge in [-0.1, -0.05) is 6.42 Å². The van der Waals surface area contributed by atoms with Crippen molar-refractivity contribution in [2.75, 3.05) is 19.6 Å². The van der Waals surface area contributed by atoms with E-state index in [1.807, 2.05) is 0 Å². The van der Waals surface area contributed by atoms with Crippen LogP contribution in [0.1, 0.15) is 57.8 Å². The van der Waals surface area contributed by atoms with Gasteiger partial charge in [0.25, 0.3) is 0 Å². The van der Waals surface area contributed by atoms with Crippen molar-refractivity contribution in [1.82, 2.24) is 4.90 Å². The van der Waals surface area contributed by atoms with Gasteiger partial charge in [-0.05, 0) is 64.0 Å². The standard InChI is InChI=1S/C16H27NO4/c18-15(19)7-6-13-8-10-17(11-9-13)12-16(20)21-14-4-2-1-3-5-14/h13-14H,1-12H2,(H,18,19). The van der Waals surface area contributed by atoms with Crippen molar-refractivity contribution in [3.63, 3.8) is 0 Å². The van der Waals surface area contributed by atoms with Crippen LogP contribution in [0.3, 0.4) is 0 Å². The highest BCUT2D eigenvalue weighted by Crippen LogP contribution is 2.23. The van der Waals surface area contributed by atoms with E-state index in [0.717, 1.165) is 45.2 Å². The van der Waals surface area contributed by atoms with Gasteiger partial charge in [0.1, 0.15) is 6.10 Å². The van der Waals surface area contributed by atoms with Crippen LogP contribution in [0.15, 0.2) is 0 Å². The van der Waals surface area contributed by atoms with E-state index in [0.29, 0.717) is 12.5 Å². The van der Waals surface area contributed by atoms with Gasteiger partial charge in [0.05, 0.1) is 6.54 Å². The Labute approximate surface area is 126 Å². The lowest BCUT2D eigenvalue weighted by molar-refractivity contribution is -0.152. The lowest BCUT2D eigenvalue weighted by atomic mass is 9.92. The first-order valence-electron chi connectivity index (χ1n) is 8.27. The number of ether oxygens (including phenoxy) is 1. The number of carboxylic acids is 1. The summed E-state index contributed by atoms with van der Waals surface area (Å²) in [5, 5.41) is 8.70. The number of likely N-dealkylation sites (tertiary alicyclic amines) is 1. The fraction of sp³-hybridized carbons (Fsp3) is 0.875. The van der Waals surface area contributed by atoms with E-state index in [4.69, 9.17) is 9.84 Å². The first-order chi connectivity index (χ1) is 10.1. The van der Waals surface area contributed by atoms with Crippen LogP contribution >= 0.6 is 0 Å². The molecule has 1 heterocycles. The predicted molar refractivity (Wildman–Crippen MR) is 79.0 cm³/mol. The summed E-state index contributed by atoms with van der Waals surface area (Å²) in [7, 11) is 0. The van der Waals surface area contributed by atoms with E-state index in [2.05, 4.69) is 4.90 Å². The Morgan fingerprint density at radius 1 is 1.05 bits per heavy atom. The van der Waals surface area contributed by atoms with E-state index >= 15 is 0 Å². The number of esters is 1. The molecule has 0 bridgehead atoms. The average Bonchev–Trinajstić information content (AvgIpc) is 2.47. The summed E-state index contributed by atoms with van der Waals surface area (Å²) < 4.78 is 5.54. The smallest absolute Gasteiger partial charge is 0.320 e. The molecule has 0 radical (unpaired) electrons. The summed E-state index contributed by atoms with van der Waals surface area (Å²) in [6, 6.07) is 0. The van der Waals surface area contributed by atoms with Crippen LogP contribution in [0.4, 0.5) is 0 Å². The number of carboxylic acid groups (broad SMARTS) is 1. The molecule has 2 rings (SSSR count). The van der Waals surface area contributed by atoms with Crippen molar-refractivity contribution in [3.8, 4) is 0 Å². The maximum Gasteiger partial charge on any atom is 0.320 e. The second-order valence-electron chi connectivity index (χ2n) is 6.40. The topological polar surface area (TPSA) is 66.8 Å². The molecule has 0 aromatic heterocycles. The third-order valence-corrected chi connectivity index (χ3v) is 4.68. The molecule has 0 aromatic carbocycles. The molecule has 2 fully saturated rings. The van der Waals surface area contributed by atoms with Gasteiger partial charge in [0.2, 0.25) is 0 Å². The number of aliphatic carboxylic acids is 1. The van der Waals surface area contributed by atoms with Crippen molar-refractivity contribution < 1.29 is 19.4 Å². The molecule has 1 aliphatic heterocycles. The van der Waals surface area contributed by atoms with Crippen LogP contribution in [-0.2, 0) is 14.3 Å². The lowest BCUT2D eigenvalue weighted by Gasteiger charge is -2.31. The van der Waals surface area contributed by atoms with Crippen LogP contribution in [-0.4, -0.2) is 47.7 Å². The van der Waals surface area contributed by atoms with Crippen molar-refractivity contribution in [2.45, 2.75) is 63.9 Å². The van der Waals surface area contributed by atoms with Gasteiger partial charge in [-0.2, -0.15) is 0 Å². The molecule has 21 heavy (non-hydrogen) atoms. The van der Waals surface area contributed by atoms with Gasteiger partial charge < -0.3 is 9.84 Å². The summed E-state index contributed by atoms with van der Waals surface area (Å²) in [6.07, 6.45) is 8.78. The molecule has 0 aromatic rings. The second-order valence-corrected chi connectivity index (χ2v) is 6.40. The molecule has 1 saturated heterocycles. The van der Waals surface area contributed by atoms with E-state index in [-0.39, 0.29) is 18.5 Å². The number of hydrogen-bond acceptors (Lipinski definition) is 4. The fourth-order valence-corrected chi connectivity index (χ4v) is 3.35. The molecule has 0 amide bonds. The zero-order valence-corrected chi connectivity index (χ0v) is 12.8. The molecule has 5 heteroatoms. The molecule has 120 valence electrons. The zero-order valence-electron chi connectivity index (χ0n) is 12.8. The molecule has 0 spiro atoms. The van der Waals surface area contributed by atoms with Crippen molar-refractivity contribution >= 4 is 11.9 Å². The molecule has 2 aliphatic rings. The Morgan fingerprint density at radius 2 is 1.71 bits per heavy atom. The first kappa shape index (κ1) is 16.3. The average molecular weight is 297 g/mol. The largest absolute Gasteiger partial charge is 0.481 e. The molecular formula is C16H27NO4. The predicted octanol–water partition coefficient (Wildman–Crippen LogP) is 2.44. The summed E-state index contributed by atoms with van der Waals surface area (Å²) in [4.78, 5) is 24.6. The van der Waals surface area contributed by atoms with Gasteiger partial charge in [0, 0.05) is 6.42 Å². The number of nitrogens with zero attached hydrogens (tertiary/aromatic N) is 1. The molecule has 0 unspecified atom stereocenters. The van der Waals surface area contributed by atoms with Crippen molar-refractivity contribution in [2.24, 2.45) is 5.92 Å². The van der Waals surface area contributed by atoms with Gasteiger partial charge >= 0.3 is 11.9 Å². The van der Waals surface area contributed by atoms with Crippen LogP contribution in [0.2, 0.25) is 0 Å². The van der Waals surface area contributed by atoms with Crippen LogP contribution in [0, 0.1) is 5.92 Å². The third-order valence-electron chi connectivity index (χ3n) is 4.68. The second kappa shape index (κ2) is 8.37. The van der Waals surface area contributed by atoms with Gasteiger partial charge in [-0.3, -0.25) is 14.5 Å². The van der Waals surface area contributed by atoms with E-state index in [1.165, 1.54) is 19.3 Å². The summed E-state index contributed by atoms with van der Waals surface area (Å²) in [5.74, 6) is -0.314. The highest BCUT2D eigenvalue weighted by atomic mass is 16.5. The van der Waals surface area contributed by atoms with Crippen LogP contribution in [0.25, 0.3) is 0 Å². The lowest BCUT2D eigenvalue weighted by Crippen LogP contribution is -2.39. The van der Waals surface area contributed by atoms with Crippen molar-refractivity contribution in [3.05, 3.63) is 0 Å². The Balaban J connectivity index is 1.61. The highest BCUT2D eigenvalue weighted by molar-refractivity contribution is 5.71. The summed E-state index contributed by atoms with van der Waals surface area (Å²) in [6.45, 7) is 2.15. The normalized spacial score (nSPS) is 22.1. The maximum atomic E-state index is 11.9. The zero-order chi connectivity index (χ0) is 15.1. The first-order valence-corrected chi connectivity index (χ1v) is 8.27. The monoisotopic (exact) mass is 297 g/mol. The molecule has 1 aliphatic carbocycles. The minimum absolute atomic E-state index is 0.0918. The quantitative estimate of drug-likeness (QED) is 0.763. The van der Waals surface area contributed by atoms with Gasteiger partial charge in [-0.25, -0.2) is 0 Å². The Hall–Kier alpha value is -1.10. The van der Waals surface area contributed by atoms with E-state index in [1.54, 1.807) is 0 Å². The van der Waals surface area contributed by atoms with E-state index < -0.39 is 5.97 Å². The van der Waals surface area contributed by atoms with E-state index in [9.17, 15) is 9.59 Å². The summed E-state index contributed by atoms with van der Waals surface area (Å²) in [5.41, 5.74) is 0. The minimum atomic E-state index is -0.714. The maximum absolute atomic E-state index is 11.9. The molecule has 1 N–H and O–H groups in total. The number of piperidine rings is 1. The van der Waals surface area contributed by atoms with Gasteiger partial charge in [0.15, 0.2) is 0 Å². The number of hydrogen-bond donors (Lipinski definition) is 1. The fourth-order valence-electron chi connectivity index (χ4n) is 3.35. The number of carbonyl (C=O) groups is 2. The molecular weight excluding hydrogens is 270 g/mol. The van der Waals surface area contributed by atoms with Crippen LogP contribution < -0.4 is 0 Å². The SMILES string of the molecule is O=C(O)CCC1CCN(CC(=O)OC2CCCCC2)CC1. The molecule has 1 saturated carbocycles. The van der Waals surface area contributed by atoms with Crippen LogP contribution in [0.5, 0.6) is 0 Å². The minimum Gasteiger partial charge on any atom is -0.481 e. The highest BCUT2D eigenvalue weighted by Gasteiger charge is 2.23. The molecule has 0 atom stereocenters. The third kappa shape index (κ3) is 6.04. The molecule has 5 nitrogen and oxygen atoms in total. The van der Waals surface area contributed by atoms with Crippen molar-refractivity contribution in [1.29, 1.82) is 0 Å². The Bertz CT molecular complexity index is 344. The number of carbonyl (C=O) groups excluding carboxylic acids is 1. The number of rotatable bonds is 6. The Morgan fingerprint density at radius 3 is 2.33 bits per heavy atom. The Kier molecular flexibility index (Phi) is 6.49. The summed E-state index contributed by atoms with van der Waals surface area (Å²) >= 11 is 0. The van der Waals surface area contributed by atoms with Gasteiger partial charge in [-0.15, -0.1) is 0 Å².